The van der Waals surface area contributed by atoms with Crippen LogP contribution in [0.3, 0.4) is 0 Å². The van der Waals surface area contributed by atoms with Crippen LogP contribution in [0.2, 0.25) is 0 Å². The maximum atomic E-state index is 5.48. The molecule has 140 valence electrons. The van der Waals surface area contributed by atoms with Crippen LogP contribution in [-0.2, 0) is 11.2 Å². The van der Waals surface area contributed by atoms with Crippen LogP contribution in [-0.4, -0.2) is 55.5 Å². The number of likely N-dealkylation sites (tertiary alicyclic amines) is 1. The molecular formula is C20H27N3O3. The van der Waals surface area contributed by atoms with Gasteiger partial charge in [0.1, 0.15) is 5.75 Å². The second-order valence-electron chi connectivity index (χ2n) is 6.53. The van der Waals surface area contributed by atoms with Crippen molar-refractivity contribution in [2.45, 2.75) is 25.2 Å². The van der Waals surface area contributed by atoms with Crippen LogP contribution in [0.1, 0.15) is 36.0 Å². The number of para-hydroxylation sites is 1. The zero-order valence-corrected chi connectivity index (χ0v) is 15.6. The molecule has 0 spiro atoms. The number of hydrogen-bond acceptors (Lipinski definition) is 6. The van der Waals surface area contributed by atoms with Crippen LogP contribution in [0.25, 0.3) is 6.08 Å². The number of aromatic nitrogens is 2. The topological polar surface area (TPSA) is 60.6 Å². The molecule has 2 aromatic rings. The highest BCUT2D eigenvalue weighted by Crippen LogP contribution is 2.26. The summed E-state index contributed by atoms with van der Waals surface area (Å²) in [5.74, 6) is 2.70. The highest BCUT2D eigenvalue weighted by Gasteiger charge is 2.25. The summed E-state index contributed by atoms with van der Waals surface area (Å²) in [6.45, 7) is 3.56. The highest BCUT2D eigenvalue weighted by atomic mass is 16.5. The van der Waals surface area contributed by atoms with Gasteiger partial charge in [-0.3, -0.25) is 4.90 Å². The molecule has 0 bridgehead atoms. The third-order valence-electron chi connectivity index (χ3n) is 4.67. The standard InChI is InChI=1S/C20H27N3O3/c1-24-14-11-19-21-20(26-22-19)17-9-6-13-23(15-17)12-5-8-16-7-3-4-10-18(16)25-2/h3-5,7-8,10,17H,6,9,11-15H2,1-2H3/b8-5+/t17-/m0/s1. The van der Waals surface area contributed by atoms with E-state index in [1.165, 1.54) is 0 Å². The van der Waals surface area contributed by atoms with Gasteiger partial charge in [-0.1, -0.05) is 35.5 Å². The quantitative estimate of drug-likeness (QED) is 0.723. The Morgan fingerprint density at radius 1 is 1.31 bits per heavy atom. The van der Waals surface area contributed by atoms with Gasteiger partial charge in [0.15, 0.2) is 5.82 Å². The molecule has 6 nitrogen and oxygen atoms in total. The maximum Gasteiger partial charge on any atom is 0.231 e. The Balaban J connectivity index is 1.55. The summed E-state index contributed by atoms with van der Waals surface area (Å²) in [6, 6.07) is 8.05. The number of methoxy groups -OCH3 is 2. The lowest BCUT2D eigenvalue weighted by Crippen LogP contribution is -2.34. The summed E-state index contributed by atoms with van der Waals surface area (Å²) in [5, 5.41) is 4.06. The molecule has 0 N–H and O–H groups in total. The van der Waals surface area contributed by atoms with E-state index in [1.807, 2.05) is 18.2 Å². The van der Waals surface area contributed by atoms with E-state index in [0.29, 0.717) is 18.9 Å². The largest absolute Gasteiger partial charge is 0.496 e. The van der Waals surface area contributed by atoms with Gasteiger partial charge in [0, 0.05) is 32.2 Å². The maximum absolute atomic E-state index is 5.48. The van der Waals surface area contributed by atoms with Gasteiger partial charge in [-0.25, -0.2) is 0 Å². The van der Waals surface area contributed by atoms with Gasteiger partial charge in [0.05, 0.1) is 19.6 Å². The molecule has 1 aliphatic heterocycles. The molecule has 0 amide bonds. The Labute approximate surface area is 154 Å². The molecule has 1 saturated heterocycles. The summed E-state index contributed by atoms with van der Waals surface area (Å²) >= 11 is 0. The number of nitrogens with zero attached hydrogens (tertiary/aromatic N) is 3. The van der Waals surface area contributed by atoms with E-state index in [9.17, 15) is 0 Å². The average molecular weight is 357 g/mol. The van der Waals surface area contributed by atoms with Crippen molar-refractivity contribution < 1.29 is 14.0 Å². The fourth-order valence-corrected chi connectivity index (χ4v) is 3.28. The second-order valence-corrected chi connectivity index (χ2v) is 6.53. The average Bonchev–Trinajstić information content (AvgIpc) is 3.16. The molecule has 1 atom stereocenters. The van der Waals surface area contributed by atoms with Crippen LogP contribution in [0.4, 0.5) is 0 Å². The van der Waals surface area contributed by atoms with Gasteiger partial charge in [-0.05, 0) is 25.5 Å². The normalized spacial score (nSPS) is 18.5. The van der Waals surface area contributed by atoms with E-state index < -0.39 is 0 Å². The molecule has 1 aliphatic rings. The van der Waals surface area contributed by atoms with Crippen molar-refractivity contribution >= 4 is 6.08 Å². The lowest BCUT2D eigenvalue weighted by atomic mass is 9.98. The first kappa shape index (κ1) is 18.6. The second kappa shape index (κ2) is 9.50. The van der Waals surface area contributed by atoms with E-state index in [0.717, 1.165) is 55.5 Å². The minimum absolute atomic E-state index is 0.312. The minimum Gasteiger partial charge on any atom is -0.496 e. The zero-order chi connectivity index (χ0) is 18.2. The monoisotopic (exact) mass is 357 g/mol. The third-order valence-corrected chi connectivity index (χ3v) is 4.67. The smallest absolute Gasteiger partial charge is 0.231 e. The first-order chi connectivity index (χ1) is 12.8. The summed E-state index contributed by atoms with van der Waals surface area (Å²) < 4.78 is 15.9. The Morgan fingerprint density at radius 3 is 3.04 bits per heavy atom. The Bertz CT molecular complexity index is 714. The van der Waals surface area contributed by atoms with Gasteiger partial charge >= 0.3 is 0 Å². The molecule has 0 unspecified atom stereocenters. The Kier molecular flexibility index (Phi) is 6.80. The van der Waals surface area contributed by atoms with Gasteiger partial charge in [0.25, 0.3) is 0 Å². The van der Waals surface area contributed by atoms with Gasteiger partial charge in [-0.15, -0.1) is 0 Å². The lowest BCUT2D eigenvalue weighted by molar-refractivity contribution is 0.198. The molecule has 6 heteroatoms. The minimum atomic E-state index is 0.312. The summed E-state index contributed by atoms with van der Waals surface area (Å²) in [6.07, 6.45) is 7.25. The van der Waals surface area contributed by atoms with Crippen LogP contribution < -0.4 is 4.74 Å². The van der Waals surface area contributed by atoms with Crippen molar-refractivity contribution in [2.75, 3.05) is 40.5 Å². The van der Waals surface area contributed by atoms with Crippen LogP contribution in [0.15, 0.2) is 34.9 Å². The summed E-state index contributed by atoms with van der Waals surface area (Å²) in [5.41, 5.74) is 1.10. The molecular weight excluding hydrogens is 330 g/mol. The molecule has 26 heavy (non-hydrogen) atoms. The van der Waals surface area contributed by atoms with Crippen LogP contribution in [0, 0.1) is 0 Å². The van der Waals surface area contributed by atoms with Crippen molar-refractivity contribution in [3.8, 4) is 5.75 Å². The molecule has 0 aliphatic carbocycles. The SMILES string of the molecule is COCCc1noc([C@H]2CCCN(C/C=C/c3ccccc3OC)C2)n1. The molecule has 0 saturated carbocycles. The van der Waals surface area contributed by atoms with Gasteiger partial charge in [-0.2, -0.15) is 4.98 Å². The Morgan fingerprint density at radius 2 is 2.19 bits per heavy atom. The predicted molar refractivity (Wildman–Crippen MR) is 100 cm³/mol. The molecule has 1 fully saturated rings. The summed E-state index contributed by atoms with van der Waals surface area (Å²) in [7, 11) is 3.38. The van der Waals surface area contributed by atoms with Gasteiger partial charge < -0.3 is 14.0 Å². The molecule has 3 rings (SSSR count). The van der Waals surface area contributed by atoms with E-state index >= 15 is 0 Å². The fraction of sp³-hybridized carbons (Fsp3) is 0.500. The predicted octanol–water partition coefficient (Wildman–Crippen LogP) is 3.16. The molecule has 2 heterocycles. The van der Waals surface area contributed by atoms with E-state index in [-0.39, 0.29) is 0 Å². The van der Waals surface area contributed by atoms with Crippen molar-refractivity contribution in [1.82, 2.24) is 15.0 Å². The Hall–Kier alpha value is -2.18. The van der Waals surface area contributed by atoms with E-state index in [4.69, 9.17) is 14.0 Å². The lowest BCUT2D eigenvalue weighted by Gasteiger charge is -2.29. The molecule has 1 aromatic carbocycles. The van der Waals surface area contributed by atoms with E-state index in [2.05, 4.69) is 33.3 Å². The third kappa shape index (κ3) is 4.93. The first-order valence-corrected chi connectivity index (χ1v) is 9.13. The number of rotatable bonds is 8. The fourth-order valence-electron chi connectivity index (χ4n) is 3.28. The van der Waals surface area contributed by atoms with Crippen LogP contribution in [0.5, 0.6) is 5.75 Å². The summed E-state index contributed by atoms with van der Waals surface area (Å²) in [4.78, 5) is 6.97. The number of benzene rings is 1. The van der Waals surface area contributed by atoms with Gasteiger partial charge in [0.2, 0.25) is 5.89 Å². The van der Waals surface area contributed by atoms with Crippen molar-refractivity contribution in [3.63, 3.8) is 0 Å². The van der Waals surface area contributed by atoms with Crippen LogP contribution >= 0.6 is 0 Å². The van der Waals surface area contributed by atoms with Crippen molar-refractivity contribution in [1.29, 1.82) is 0 Å². The zero-order valence-electron chi connectivity index (χ0n) is 15.6. The highest BCUT2D eigenvalue weighted by molar-refractivity contribution is 5.57. The van der Waals surface area contributed by atoms with E-state index in [1.54, 1.807) is 14.2 Å². The van der Waals surface area contributed by atoms with Crippen molar-refractivity contribution in [3.05, 3.63) is 47.6 Å². The van der Waals surface area contributed by atoms with Crippen molar-refractivity contribution in [2.24, 2.45) is 0 Å². The number of ether oxygens (including phenoxy) is 2. The first-order valence-electron chi connectivity index (χ1n) is 9.13. The molecule has 1 aromatic heterocycles. The number of hydrogen-bond donors (Lipinski definition) is 0. The number of piperidine rings is 1. The molecule has 0 radical (unpaired) electrons.